The maximum absolute atomic E-state index is 11.6. The number of rotatable bonds is 5. The third-order valence-electron chi connectivity index (χ3n) is 3.44. The zero-order valence-electron chi connectivity index (χ0n) is 9.84. The van der Waals surface area contributed by atoms with Crippen LogP contribution in [0.25, 0.3) is 0 Å². The number of hydrogen-bond acceptors (Lipinski definition) is 3. The molecule has 0 aromatic heterocycles. The predicted octanol–water partition coefficient (Wildman–Crippen LogP) is 1.53. The molecular formula is C12H22N2OS. The van der Waals surface area contributed by atoms with Crippen molar-refractivity contribution in [3.63, 3.8) is 0 Å². The van der Waals surface area contributed by atoms with Crippen LogP contribution in [0.5, 0.6) is 0 Å². The lowest BCUT2D eigenvalue weighted by Crippen LogP contribution is -2.36. The van der Waals surface area contributed by atoms with Crippen molar-refractivity contribution < 1.29 is 4.79 Å². The van der Waals surface area contributed by atoms with Crippen LogP contribution in [0.2, 0.25) is 0 Å². The van der Waals surface area contributed by atoms with Gasteiger partial charge in [-0.25, -0.2) is 0 Å². The van der Waals surface area contributed by atoms with E-state index in [1.807, 2.05) is 11.8 Å². The summed E-state index contributed by atoms with van der Waals surface area (Å²) in [7, 11) is 0. The van der Waals surface area contributed by atoms with Gasteiger partial charge in [-0.15, -0.1) is 0 Å². The highest BCUT2D eigenvalue weighted by atomic mass is 32.2. The zero-order valence-corrected chi connectivity index (χ0v) is 10.7. The van der Waals surface area contributed by atoms with Gasteiger partial charge in [0.2, 0.25) is 5.91 Å². The average molecular weight is 242 g/mol. The van der Waals surface area contributed by atoms with E-state index in [4.69, 9.17) is 0 Å². The van der Waals surface area contributed by atoms with E-state index in [2.05, 4.69) is 10.6 Å². The van der Waals surface area contributed by atoms with Crippen molar-refractivity contribution in [3.8, 4) is 0 Å². The fraction of sp³-hybridized carbons (Fsp3) is 0.917. The number of carbonyl (C=O) groups excluding carboxylic acids is 1. The van der Waals surface area contributed by atoms with Crippen molar-refractivity contribution in [2.45, 2.75) is 50.6 Å². The second-order valence-corrected chi connectivity index (χ2v) is 5.96. The van der Waals surface area contributed by atoms with Crippen molar-refractivity contribution >= 4 is 17.7 Å². The molecule has 0 bridgehead atoms. The van der Waals surface area contributed by atoms with Crippen molar-refractivity contribution in [3.05, 3.63) is 0 Å². The standard InChI is InChI=1S/C12H22N2OS/c15-12(14-10-3-1-2-4-10)5-7-13-11-6-8-16-9-11/h10-11,13H,1-9H2,(H,14,15). The molecule has 1 saturated carbocycles. The molecule has 1 saturated heterocycles. The first kappa shape index (κ1) is 12.2. The third-order valence-corrected chi connectivity index (χ3v) is 4.60. The van der Waals surface area contributed by atoms with E-state index in [1.54, 1.807) is 0 Å². The summed E-state index contributed by atoms with van der Waals surface area (Å²) in [5, 5.41) is 6.58. The Morgan fingerprint density at radius 3 is 2.69 bits per heavy atom. The summed E-state index contributed by atoms with van der Waals surface area (Å²) in [6.45, 7) is 0.837. The minimum atomic E-state index is 0.227. The molecule has 2 rings (SSSR count). The Bertz CT molecular complexity index is 223. The summed E-state index contributed by atoms with van der Waals surface area (Å²) < 4.78 is 0. The first-order valence-electron chi connectivity index (χ1n) is 6.45. The molecule has 92 valence electrons. The summed E-state index contributed by atoms with van der Waals surface area (Å²) >= 11 is 2.00. The highest BCUT2D eigenvalue weighted by Crippen LogP contribution is 2.18. The summed E-state index contributed by atoms with van der Waals surface area (Å²) in [5.74, 6) is 2.71. The normalized spacial score (nSPS) is 26.1. The van der Waals surface area contributed by atoms with Crippen molar-refractivity contribution in [1.29, 1.82) is 0 Å². The lowest BCUT2D eigenvalue weighted by molar-refractivity contribution is -0.121. The molecule has 1 unspecified atom stereocenters. The van der Waals surface area contributed by atoms with Gasteiger partial charge in [0.25, 0.3) is 0 Å². The van der Waals surface area contributed by atoms with Crippen LogP contribution < -0.4 is 10.6 Å². The van der Waals surface area contributed by atoms with Crippen LogP contribution in [0.15, 0.2) is 0 Å². The Hall–Kier alpha value is -0.220. The predicted molar refractivity (Wildman–Crippen MR) is 68.7 cm³/mol. The molecular weight excluding hydrogens is 220 g/mol. The topological polar surface area (TPSA) is 41.1 Å². The Morgan fingerprint density at radius 2 is 2.00 bits per heavy atom. The van der Waals surface area contributed by atoms with Gasteiger partial charge in [-0.1, -0.05) is 12.8 Å². The Labute approximate surface area is 102 Å². The molecule has 1 aliphatic heterocycles. The van der Waals surface area contributed by atoms with Crippen molar-refractivity contribution in [2.24, 2.45) is 0 Å². The number of carbonyl (C=O) groups is 1. The van der Waals surface area contributed by atoms with Gasteiger partial charge in [0.05, 0.1) is 0 Å². The lowest BCUT2D eigenvalue weighted by atomic mass is 10.2. The summed E-state index contributed by atoms with van der Waals surface area (Å²) in [4.78, 5) is 11.6. The smallest absolute Gasteiger partial charge is 0.221 e. The molecule has 0 aromatic rings. The Morgan fingerprint density at radius 1 is 1.19 bits per heavy atom. The van der Waals surface area contributed by atoms with E-state index < -0.39 is 0 Å². The van der Waals surface area contributed by atoms with Crippen molar-refractivity contribution in [1.82, 2.24) is 10.6 Å². The van der Waals surface area contributed by atoms with Gasteiger partial charge >= 0.3 is 0 Å². The van der Waals surface area contributed by atoms with Gasteiger partial charge in [0, 0.05) is 30.8 Å². The fourth-order valence-corrected chi connectivity index (χ4v) is 3.64. The molecule has 0 radical (unpaired) electrons. The molecule has 16 heavy (non-hydrogen) atoms. The molecule has 3 nitrogen and oxygen atoms in total. The first-order chi connectivity index (χ1) is 7.84. The number of amides is 1. The molecule has 1 heterocycles. The lowest BCUT2D eigenvalue weighted by Gasteiger charge is -2.13. The van der Waals surface area contributed by atoms with Crippen LogP contribution in [0.3, 0.4) is 0 Å². The SMILES string of the molecule is O=C(CCNC1CCSC1)NC1CCCC1. The molecule has 1 amide bonds. The van der Waals surface area contributed by atoms with E-state index in [0.717, 1.165) is 6.54 Å². The van der Waals surface area contributed by atoms with Gasteiger partial charge in [0.15, 0.2) is 0 Å². The quantitative estimate of drug-likeness (QED) is 0.768. The molecule has 2 N–H and O–H groups in total. The van der Waals surface area contributed by atoms with Crippen LogP contribution in [0, 0.1) is 0 Å². The van der Waals surface area contributed by atoms with E-state index in [1.165, 1.54) is 43.6 Å². The van der Waals surface area contributed by atoms with Crippen LogP contribution in [0.1, 0.15) is 38.5 Å². The number of nitrogens with one attached hydrogen (secondary N) is 2. The molecule has 1 atom stereocenters. The molecule has 0 aromatic carbocycles. The first-order valence-corrected chi connectivity index (χ1v) is 7.60. The third kappa shape index (κ3) is 3.98. The second-order valence-electron chi connectivity index (χ2n) is 4.81. The Kier molecular flexibility index (Phi) is 4.97. The van der Waals surface area contributed by atoms with Gasteiger partial charge in [-0.3, -0.25) is 4.79 Å². The zero-order chi connectivity index (χ0) is 11.2. The van der Waals surface area contributed by atoms with Gasteiger partial charge in [-0.05, 0) is 25.0 Å². The molecule has 2 aliphatic rings. The van der Waals surface area contributed by atoms with Crippen LogP contribution >= 0.6 is 11.8 Å². The highest BCUT2D eigenvalue weighted by Gasteiger charge is 2.18. The summed E-state index contributed by atoms with van der Waals surface area (Å²) in [6, 6.07) is 1.11. The van der Waals surface area contributed by atoms with Crippen LogP contribution in [0.4, 0.5) is 0 Å². The minimum absolute atomic E-state index is 0.227. The molecule has 2 fully saturated rings. The van der Waals surface area contributed by atoms with Gasteiger partial charge < -0.3 is 10.6 Å². The van der Waals surface area contributed by atoms with E-state index >= 15 is 0 Å². The monoisotopic (exact) mass is 242 g/mol. The number of thioether (sulfide) groups is 1. The van der Waals surface area contributed by atoms with Crippen LogP contribution in [-0.4, -0.2) is 36.0 Å². The maximum Gasteiger partial charge on any atom is 0.221 e. The largest absolute Gasteiger partial charge is 0.353 e. The highest BCUT2D eigenvalue weighted by molar-refractivity contribution is 7.99. The van der Waals surface area contributed by atoms with Gasteiger partial charge in [0.1, 0.15) is 0 Å². The van der Waals surface area contributed by atoms with E-state index in [9.17, 15) is 4.79 Å². The summed E-state index contributed by atoms with van der Waals surface area (Å²) in [5.41, 5.74) is 0. The van der Waals surface area contributed by atoms with E-state index in [-0.39, 0.29) is 5.91 Å². The molecule has 0 spiro atoms. The van der Waals surface area contributed by atoms with E-state index in [0.29, 0.717) is 18.5 Å². The second kappa shape index (κ2) is 6.50. The van der Waals surface area contributed by atoms with Crippen LogP contribution in [-0.2, 0) is 4.79 Å². The fourth-order valence-electron chi connectivity index (χ4n) is 2.46. The average Bonchev–Trinajstić information content (AvgIpc) is 2.90. The van der Waals surface area contributed by atoms with Crippen molar-refractivity contribution in [2.75, 3.05) is 18.1 Å². The summed E-state index contributed by atoms with van der Waals surface area (Å²) in [6.07, 6.45) is 6.81. The molecule has 4 heteroatoms. The minimum Gasteiger partial charge on any atom is -0.353 e. The van der Waals surface area contributed by atoms with Gasteiger partial charge in [-0.2, -0.15) is 11.8 Å². The molecule has 1 aliphatic carbocycles. The maximum atomic E-state index is 11.6. The number of hydrogen-bond donors (Lipinski definition) is 2. The Balaban J connectivity index is 1.52.